The summed E-state index contributed by atoms with van der Waals surface area (Å²) in [5, 5.41) is 70.4. The Balaban J connectivity index is 1.96. The summed E-state index contributed by atoms with van der Waals surface area (Å²) in [6.07, 6.45) is -3.47. The first-order valence-corrected chi connectivity index (χ1v) is 13.0. The van der Waals surface area contributed by atoms with Crippen molar-refractivity contribution < 1.29 is 59.5 Å². The molecule has 0 aromatic rings. The van der Waals surface area contributed by atoms with Crippen LogP contribution >= 0.6 is 0 Å². The first-order valence-electron chi connectivity index (χ1n) is 13.0. The molecule has 12 heteroatoms. The monoisotopic (exact) mass is 524 g/mol. The Hall–Kier alpha value is -0.930. The Kier molecular flexibility index (Phi) is 13.4. The molecule has 9 atom stereocenters. The van der Waals surface area contributed by atoms with Gasteiger partial charge in [-0.2, -0.15) is 0 Å². The van der Waals surface area contributed by atoms with Crippen molar-refractivity contribution in [3.8, 4) is 0 Å². The number of ether oxygens (including phenoxy) is 4. The van der Waals surface area contributed by atoms with Crippen LogP contribution in [0.4, 0.5) is 0 Å². The maximum atomic E-state index is 12.5. The van der Waals surface area contributed by atoms with Gasteiger partial charge in [-0.05, 0) is 6.42 Å². The summed E-state index contributed by atoms with van der Waals surface area (Å²) in [7, 11) is 0. The van der Waals surface area contributed by atoms with E-state index in [2.05, 4.69) is 6.92 Å². The highest BCUT2D eigenvalue weighted by molar-refractivity contribution is 5.69. The second kappa shape index (κ2) is 15.5. The Morgan fingerprint density at radius 2 is 1.50 bits per heavy atom. The molecule has 2 rings (SSSR count). The van der Waals surface area contributed by atoms with Crippen LogP contribution in [0.15, 0.2) is 0 Å². The van der Waals surface area contributed by atoms with Gasteiger partial charge in [0.25, 0.3) is 0 Å². The number of hydrogen-bond donors (Lipinski definition) is 7. The van der Waals surface area contributed by atoms with E-state index in [0.717, 1.165) is 25.7 Å². The number of unbranched alkanes of at least 4 members (excludes halogenated alkanes) is 8. The van der Waals surface area contributed by atoms with E-state index in [9.17, 15) is 40.5 Å². The van der Waals surface area contributed by atoms with Crippen molar-refractivity contribution in [2.24, 2.45) is 0 Å². The first kappa shape index (κ1) is 31.3. The Labute approximate surface area is 211 Å². The number of aliphatic hydroxyl groups is 7. The van der Waals surface area contributed by atoms with Gasteiger partial charge in [0, 0.05) is 6.42 Å². The number of esters is 1. The summed E-state index contributed by atoms with van der Waals surface area (Å²) in [6, 6.07) is 0. The standard InChI is InChI=1S/C24H44O12/c1-2-3-4-5-6-7-8-9-10-11-17(28)35-21-20(31)19(30)16(12-25)34-23(21)36-24(14-26)22(32)18(29)15(27)13-33-24/h15-16,18-23,25-27,29-32H,2-14H2,1H3/t15-,16-,18-,19-,20+,21-,22+,23-,24?/m1/s1. The van der Waals surface area contributed by atoms with Gasteiger partial charge in [-0.3, -0.25) is 4.79 Å². The van der Waals surface area contributed by atoms with Gasteiger partial charge in [-0.25, -0.2) is 0 Å². The van der Waals surface area contributed by atoms with E-state index in [-0.39, 0.29) is 6.42 Å². The van der Waals surface area contributed by atoms with Crippen molar-refractivity contribution in [1.29, 1.82) is 0 Å². The molecule has 2 aliphatic heterocycles. The zero-order valence-corrected chi connectivity index (χ0v) is 21.0. The fourth-order valence-corrected chi connectivity index (χ4v) is 4.43. The van der Waals surface area contributed by atoms with Crippen LogP contribution in [-0.2, 0) is 23.7 Å². The summed E-state index contributed by atoms with van der Waals surface area (Å²) in [5.74, 6) is -2.96. The lowest BCUT2D eigenvalue weighted by Gasteiger charge is -2.48. The lowest BCUT2D eigenvalue weighted by atomic mass is 9.96. The SMILES string of the molecule is CCCCCCCCCCCC(=O)O[C@H]1[C@@H](OC2(CO)OC[C@@H](O)[C@@H](O)[C@@H]2O)O[C@H](CO)[C@@H](O)[C@@H]1O. The molecule has 0 aliphatic carbocycles. The van der Waals surface area contributed by atoms with Crippen molar-refractivity contribution >= 4 is 5.97 Å². The maximum absolute atomic E-state index is 12.5. The zero-order valence-electron chi connectivity index (χ0n) is 21.0. The molecule has 36 heavy (non-hydrogen) atoms. The molecule has 0 amide bonds. The molecule has 0 saturated carbocycles. The van der Waals surface area contributed by atoms with Gasteiger partial charge in [0.15, 0.2) is 6.10 Å². The fraction of sp³-hybridized carbons (Fsp3) is 0.958. The smallest absolute Gasteiger partial charge is 0.306 e. The summed E-state index contributed by atoms with van der Waals surface area (Å²) >= 11 is 0. The molecule has 2 aliphatic rings. The van der Waals surface area contributed by atoms with E-state index in [1.54, 1.807) is 0 Å². The van der Waals surface area contributed by atoms with Crippen LogP contribution in [0.1, 0.15) is 71.1 Å². The van der Waals surface area contributed by atoms with Crippen LogP contribution < -0.4 is 0 Å². The van der Waals surface area contributed by atoms with E-state index < -0.39 is 80.6 Å². The van der Waals surface area contributed by atoms with Gasteiger partial charge in [0.2, 0.25) is 12.1 Å². The molecule has 2 fully saturated rings. The molecule has 0 aromatic heterocycles. The quantitative estimate of drug-likeness (QED) is 0.103. The minimum Gasteiger partial charge on any atom is -0.454 e. The van der Waals surface area contributed by atoms with Crippen molar-refractivity contribution in [1.82, 2.24) is 0 Å². The highest BCUT2D eigenvalue weighted by atomic mass is 16.8. The molecule has 0 aromatic carbocycles. The van der Waals surface area contributed by atoms with Crippen LogP contribution in [0.5, 0.6) is 0 Å². The second-order valence-electron chi connectivity index (χ2n) is 9.64. The third-order valence-corrected chi connectivity index (χ3v) is 6.78. The number of carbonyl (C=O) groups is 1. The van der Waals surface area contributed by atoms with Gasteiger partial charge in [0.1, 0.15) is 43.2 Å². The first-order chi connectivity index (χ1) is 17.2. The number of rotatable bonds is 15. The zero-order chi connectivity index (χ0) is 26.7. The molecule has 0 bridgehead atoms. The van der Waals surface area contributed by atoms with E-state index in [0.29, 0.717) is 6.42 Å². The van der Waals surface area contributed by atoms with Gasteiger partial charge < -0.3 is 54.7 Å². The molecule has 1 unspecified atom stereocenters. The molecule has 2 saturated heterocycles. The Bertz CT molecular complexity index is 636. The summed E-state index contributed by atoms with van der Waals surface area (Å²) in [4.78, 5) is 12.5. The minimum atomic E-state index is -2.28. The van der Waals surface area contributed by atoms with Gasteiger partial charge >= 0.3 is 5.97 Å². The number of aliphatic hydroxyl groups excluding tert-OH is 7. The number of carbonyl (C=O) groups excluding carboxylic acids is 1. The summed E-state index contributed by atoms with van der Waals surface area (Å²) in [5.41, 5.74) is 0. The minimum absolute atomic E-state index is 0.0560. The molecule has 0 spiro atoms. The normalized spacial score (nSPS) is 37.1. The third-order valence-electron chi connectivity index (χ3n) is 6.78. The van der Waals surface area contributed by atoms with Gasteiger partial charge in [-0.1, -0.05) is 58.3 Å². The molecule has 7 N–H and O–H groups in total. The fourth-order valence-electron chi connectivity index (χ4n) is 4.43. The van der Waals surface area contributed by atoms with Gasteiger partial charge in [0.05, 0.1) is 13.2 Å². The number of hydrogen-bond acceptors (Lipinski definition) is 12. The highest BCUT2D eigenvalue weighted by Crippen LogP contribution is 2.33. The van der Waals surface area contributed by atoms with E-state index in [1.165, 1.54) is 25.7 Å². The predicted molar refractivity (Wildman–Crippen MR) is 124 cm³/mol. The Morgan fingerprint density at radius 3 is 2.08 bits per heavy atom. The van der Waals surface area contributed by atoms with Crippen molar-refractivity contribution in [2.45, 2.75) is 126 Å². The van der Waals surface area contributed by atoms with Crippen molar-refractivity contribution in [3.05, 3.63) is 0 Å². The van der Waals surface area contributed by atoms with Crippen LogP contribution in [0.2, 0.25) is 0 Å². The van der Waals surface area contributed by atoms with E-state index >= 15 is 0 Å². The summed E-state index contributed by atoms with van der Waals surface area (Å²) in [6.45, 7) is -0.0262. The maximum Gasteiger partial charge on any atom is 0.306 e. The van der Waals surface area contributed by atoms with E-state index in [1.807, 2.05) is 0 Å². The summed E-state index contributed by atoms with van der Waals surface area (Å²) < 4.78 is 21.7. The largest absolute Gasteiger partial charge is 0.454 e. The van der Waals surface area contributed by atoms with Crippen molar-refractivity contribution in [2.75, 3.05) is 19.8 Å². The predicted octanol–water partition coefficient (Wildman–Crippen LogP) is -0.924. The van der Waals surface area contributed by atoms with Gasteiger partial charge in [-0.15, -0.1) is 0 Å². The average Bonchev–Trinajstić information content (AvgIpc) is 2.87. The van der Waals surface area contributed by atoms with Crippen molar-refractivity contribution in [3.63, 3.8) is 0 Å². The molecule has 0 radical (unpaired) electrons. The molecular weight excluding hydrogens is 480 g/mol. The van der Waals surface area contributed by atoms with Crippen LogP contribution in [0.3, 0.4) is 0 Å². The third kappa shape index (κ3) is 8.29. The molecule has 2 heterocycles. The second-order valence-corrected chi connectivity index (χ2v) is 9.64. The van der Waals surface area contributed by atoms with Crippen LogP contribution in [0, 0.1) is 0 Å². The topological polar surface area (TPSA) is 196 Å². The lowest BCUT2D eigenvalue weighted by molar-refractivity contribution is -0.415. The average molecular weight is 525 g/mol. The molecular formula is C24H44O12. The van der Waals surface area contributed by atoms with E-state index in [4.69, 9.17) is 18.9 Å². The van der Waals surface area contributed by atoms with Crippen LogP contribution in [0.25, 0.3) is 0 Å². The molecule has 212 valence electrons. The lowest BCUT2D eigenvalue weighted by Crippen LogP contribution is -2.68. The molecule has 12 nitrogen and oxygen atoms in total. The van der Waals surface area contributed by atoms with Crippen LogP contribution in [-0.4, -0.2) is 116 Å². The highest BCUT2D eigenvalue weighted by Gasteiger charge is 2.56. The Morgan fingerprint density at radius 1 is 0.889 bits per heavy atom.